The molecule has 0 saturated heterocycles. The summed E-state index contributed by atoms with van der Waals surface area (Å²) in [6.07, 6.45) is 9.54. The van der Waals surface area contributed by atoms with Crippen molar-refractivity contribution in [3.8, 4) is 0 Å². The lowest BCUT2D eigenvalue weighted by molar-refractivity contribution is -0.152. The highest BCUT2D eigenvalue weighted by molar-refractivity contribution is 7.12. The monoisotopic (exact) mass is 302 g/mol. The molecule has 0 N–H and O–H groups in total. The molecular weight excluding hydrogens is 276 g/mol. The second-order valence-corrected chi connectivity index (χ2v) is 9.63. The molecule has 0 aromatic carbocycles. The lowest BCUT2D eigenvalue weighted by Crippen LogP contribution is -2.54. The Morgan fingerprint density at radius 1 is 1.19 bits per heavy atom. The number of carbonyl (C=O) groups is 1. The Morgan fingerprint density at radius 2 is 1.86 bits per heavy atom. The lowest BCUT2D eigenvalue weighted by atomic mass is 9.43. The molecule has 1 nitrogen and oxygen atoms in total. The van der Waals surface area contributed by atoms with Gasteiger partial charge in [-0.1, -0.05) is 13.8 Å². The first-order valence-corrected chi connectivity index (χ1v) is 9.43. The van der Waals surface area contributed by atoms with Gasteiger partial charge in [-0.2, -0.15) is 0 Å². The van der Waals surface area contributed by atoms with Crippen LogP contribution in [0.2, 0.25) is 0 Å². The van der Waals surface area contributed by atoms with Crippen LogP contribution in [0, 0.1) is 22.7 Å². The molecule has 2 heteroatoms. The Balaban J connectivity index is 1.56. The molecule has 4 aliphatic rings. The van der Waals surface area contributed by atoms with E-state index in [4.69, 9.17) is 0 Å². The van der Waals surface area contributed by atoms with Crippen LogP contribution >= 0.6 is 11.3 Å². The third kappa shape index (κ3) is 2.30. The van der Waals surface area contributed by atoms with E-state index in [1.54, 1.807) is 0 Å². The van der Waals surface area contributed by atoms with Crippen LogP contribution in [0.5, 0.6) is 0 Å². The third-order valence-corrected chi connectivity index (χ3v) is 7.58. The predicted molar refractivity (Wildman–Crippen MR) is 87.6 cm³/mol. The van der Waals surface area contributed by atoms with Gasteiger partial charge in [0.15, 0.2) is 0 Å². The van der Waals surface area contributed by atoms with Crippen molar-refractivity contribution >= 4 is 17.1 Å². The van der Waals surface area contributed by atoms with Crippen molar-refractivity contribution in [1.29, 1.82) is 0 Å². The molecule has 4 fully saturated rings. The topological polar surface area (TPSA) is 17.1 Å². The van der Waals surface area contributed by atoms with E-state index in [-0.39, 0.29) is 5.41 Å². The summed E-state index contributed by atoms with van der Waals surface area (Å²) in [5, 5.41) is 0. The third-order valence-electron chi connectivity index (χ3n) is 6.35. The Kier molecular flexibility index (Phi) is 3.12. The first kappa shape index (κ1) is 14.0. The Morgan fingerprint density at radius 3 is 2.43 bits per heavy atom. The van der Waals surface area contributed by atoms with Crippen molar-refractivity contribution in [2.75, 3.05) is 0 Å². The molecule has 114 valence electrons. The van der Waals surface area contributed by atoms with Crippen LogP contribution in [0.1, 0.15) is 62.1 Å². The molecule has 4 saturated carbocycles. The van der Waals surface area contributed by atoms with Crippen LogP contribution in [-0.2, 0) is 17.6 Å². The fourth-order valence-electron chi connectivity index (χ4n) is 6.10. The zero-order valence-electron chi connectivity index (χ0n) is 13.3. The Bertz CT molecular complexity index is 556. The fourth-order valence-corrected chi connectivity index (χ4v) is 7.06. The maximum Gasteiger partial charge on any atom is 0.144 e. The van der Waals surface area contributed by atoms with E-state index in [1.807, 2.05) is 11.3 Å². The molecule has 4 bridgehead atoms. The van der Waals surface area contributed by atoms with Crippen molar-refractivity contribution in [1.82, 2.24) is 0 Å². The zero-order chi connectivity index (χ0) is 14.7. The molecule has 1 aromatic rings. The number of rotatable bonds is 4. The minimum atomic E-state index is 0.0508. The molecule has 1 aromatic heterocycles. The van der Waals surface area contributed by atoms with E-state index in [0.29, 0.717) is 17.6 Å². The second kappa shape index (κ2) is 4.68. The minimum Gasteiger partial charge on any atom is -0.299 e. The maximum atomic E-state index is 13.1. The van der Waals surface area contributed by atoms with Gasteiger partial charge < -0.3 is 0 Å². The van der Waals surface area contributed by atoms with Crippen LogP contribution in [-0.4, -0.2) is 5.78 Å². The molecule has 0 spiro atoms. The van der Waals surface area contributed by atoms with Crippen molar-refractivity contribution in [3.63, 3.8) is 0 Å². The summed E-state index contributed by atoms with van der Waals surface area (Å²) in [4.78, 5) is 15.8. The Hall–Kier alpha value is -0.630. The van der Waals surface area contributed by atoms with E-state index in [9.17, 15) is 4.79 Å². The normalized spacial score (nSPS) is 40.7. The van der Waals surface area contributed by atoms with Gasteiger partial charge in [-0.3, -0.25) is 4.79 Å². The highest BCUT2D eigenvalue weighted by Crippen LogP contribution is 2.65. The first-order valence-electron chi connectivity index (χ1n) is 8.61. The predicted octanol–water partition coefficient (Wildman–Crippen LogP) is 5.03. The van der Waals surface area contributed by atoms with Crippen LogP contribution in [0.15, 0.2) is 12.1 Å². The van der Waals surface area contributed by atoms with Gasteiger partial charge in [-0.05, 0) is 74.3 Å². The lowest BCUT2D eigenvalue weighted by Gasteiger charge is -2.60. The molecule has 5 rings (SSSR count). The molecular formula is C19H26OS. The molecule has 1 heterocycles. The smallest absolute Gasteiger partial charge is 0.144 e. The zero-order valence-corrected chi connectivity index (χ0v) is 14.1. The number of thiophene rings is 1. The summed E-state index contributed by atoms with van der Waals surface area (Å²) < 4.78 is 0. The summed E-state index contributed by atoms with van der Waals surface area (Å²) in [6, 6.07) is 4.39. The number of aryl methyl sites for hydroxylation is 1. The van der Waals surface area contributed by atoms with E-state index in [1.165, 1.54) is 48.3 Å². The van der Waals surface area contributed by atoms with Gasteiger partial charge in [0.2, 0.25) is 0 Å². The second-order valence-electron chi connectivity index (χ2n) is 8.37. The standard InChI is InChI=1S/C19H26OS/c1-3-15-4-5-16(21-15)7-17(20)19-10-13-6-14(11-19)9-18(2,8-13)12-19/h4-5,13-14H,3,6-12H2,1-2H3. The van der Waals surface area contributed by atoms with Crippen LogP contribution in [0.4, 0.5) is 0 Å². The van der Waals surface area contributed by atoms with Gasteiger partial charge in [-0.15, -0.1) is 11.3 Å². The van der Waals surface area contributed by atoms with E-state index >= 15 is 0 Å². The van der Waals surface area contributed by atoms with Gasteiger partial charge in [0, 0.05) is 21.6 Å². The average Bonchev–Trinajstić information content (AvgIpc) is 2.83. The molecule has 0 radical (unpaired) electrons. The van der Waals surface area contributed by atoms with Gasteiger partial charge in [0.1, 0.15) is 5.78 Å². The summed E-state index contributed by atoms with van der Waals surface area (Å²) in [7, 11) is 0. The van der Waals surface area contributed by atoms with Crippen molar-refractivity contribution < 1.29 is 4.79 Å². The summed E-state index contributed by atoms with van der Waals surface area (Å²) in [5.41, 5.74) is 0.527. The number of carbonyl (C=O) groups excluding carboxylic acids is 1. The molecule has 2 unspecified atom stereocenters. The van der Waals surface area contributed by atoms with Gasteiger partial charge >= 0.3 is 0 Å². The first-order chi connectivity index (χ1) is 10.0. The quantitative estimate of drug-likeness (QED) is 0.762. The molecule has 2 atom stereocenters. The van der Waals surface area contributed by atoms with E-state index in [2.05, 4.69) is 26.0 Å². The SMILES string of the molecule is CCc1ccc(CC(=O)C23CC4CC(CC(C)(C4)C2)C3)s1. The van der Waals surface area contributed by atoms with Crippen molar-refractivity contribution in [2.45, 2.75) is 65.2 Å². The van der Waals surface area contributed by atoms with Crippen molar-refractivity contribution in [3.05, 3.63) is 21.9 Å². The van der Waals surface area contributed by atoms with E-state index < -0.39 is 0 Å². The summed E-state index contributed by atoms with van der Waals surface area (Å²) in [5.74, 6) is 2.25. The molecule has 0 amide bonds. The number of hydrogen-bond acceptors (Lipinski definition) is 2. The number of hydrogen-bond donors (Lipinski definition) is 0. The van der Waals surface area contributed by atoms with Crippen molar-refractivity contribution in [2.24, 2.45) is 22.7 Å². The van der Waals surface area contributed by atoms with Gasteiger partial charge in [0.05, 0.1) is 0 Å². The van der Waals surface area contributed by atoms with Crippen LogP contribution in [0.25, 0.3) is 0 Å². The number of ketones is 1. The highest BCUT2D eigenvalue weighted by atomic mass is 32.1. The summed E-state index contributed by atoms with van der Waals surface area (Å²) >= 11 is 1.84. The number of Topliss-reactive ketones (excluding diaryl/α,β-unsaturated/α-hetero) is 1. The van der Waals surface area contributed by atoms with Crippen LogP contribution < -0.4 is 0 Å². The van der Waals surface area contributed by atoms with Gasteiger partial charge in [0.25, 0.3) is 0 Å². The molecule has 4 aliphatic carbocycles. The molecule has 21 heavy (non-hydrogen) atoms. The average molecular weight is 302 g/mol. The maximum absolute atomic E-state index is 13.1. The fraction of sp³-hybridized carbons (Fsp3) is 0.737. The Labute approximate surface area is 132 Å². The van der Waals surface area contributed by atoms with Gasteiger partial charge in [-0.25, -0.2) is 0 Å². The highest BCUT2D eigenvalue weighted by Gasteiger charge is 2.58. The largest absolute Gasteiger partial charge is 0.299 e. The molecule has 0 aliphatic heterocycles. The minimum absolute atomic E-state index is 0.0508. The van der Waals surface area contributed by atoms with Crippen LogP contribution in [0.3, 0.4) is 0 Å². The van der Waals surface area contributed by atoms with E-state index in [0.717, 1.165) is 18.3 Å². The summed E-state index contributed by atoms with van der Waals surface area (Å²) in [6.45, 7) is 4.64.